The monoisotopic (exact) mass is 280 g/mol. The minimum absolute atomic E-state index is 0.347. The van der Waals surface area contributed by atoms with Crippen molar-refractivity contribution in [3.63, 3.8) is 0 Å². The number of hydrogen-bond donors (Lipinski definition) is 2. The van der Waals surface area contributed by atoms with Crippen LogP contribution in [0.15, 0.2) is 0 Å². The van der Waals surface area contributed by atoms with Gasteiger partial charge in [0.05, 0.1) is 6.61 Å². The Morgan fingerprint density at radius 3 is 2.65 bits per heavy atom. The van der Waals surface area contributed by atoms with Crippen molar-refractivity contribution in [2.45, 2.75) is 51.7 Å². The molecule has 0 unspecified atom stereocenters. The summed E-state index contributed by atoms with van der Waals surface area (Å²) in [6.07, 6.45) is 6.15. The van der Waals surface area contributed by atoms with Gasteiger partial charge in [0.15, 0.2) is 11.6 Å². The molecule has 1 saturated carbocycles. The molecule has 1 aromatic rings. The first-order valence-corrected chi connectivity index (χ1v) is 7.29. The van der Waals surface area contributed by atoms with Crippen molar-refractivity contribution in [1.29, 1.82) is 0 Å². The Bertz CT molecular complexity index is 433. The number of anilines is 2. The minimum atomic E-state index is 0.347. The quantitative estimate of drug-likeness (QED) is 0.832. The van der Waals surface area contributed by atoms with Crippen LogP contribution in [0.5, 0.6) is 5.88 Å². The fourth-order valence-electron chi connectivity index (χ4n) is 2.48. The van der Waals surface area contributed by atoms with Gasteiger partial charge in [-0.25, -0.2) is 4.98 Å². The van der Waals surface area contributed by atoms with E-state index in [2.05, 4.69) is 15.3 Å². The maximum atomic E-state index is 6.10. The van der Waals surface area contributed by atoms with Crippen LogP contribution in [-0.2, 0) is 11.3 Å². The Hall–Kier alpha value is -1.56. The summed E-state index contributed by atoms with van der Waals surface area (Å²) in [7, 11) is 1.62. The van der Waals surface area contributed by atoms with Gasteiger partial charge in [-0.05, 0) is 19.8 Å². The number of aromatic nitrogens is 2. The summed E-state index contributed by atoms with van der Waals surface area (Å²) >= 11 is 0. The Labute approximate surface area is 120 Å². The second kappa shape index (κ2) is 7.28. The van der Waals surface area contributed by atoms with E-state index >= 15 is 0 Å². The van der Waals surface area contributed by atoms with Crippen molar-refractivity contribution >= 4 is 11.5 Å². The molecule has 1 heterocycles. The van der Waals surface area contributed by atoms with Gasteiger partial charge >= 0.3 is 0 Å². The lowest BCUT2D eigenvalue weighted by molar-refractivity contribution is 0.176. The summed E-state index contributed by atoms with van der Waals surface area (Å²) in [5, 5.41) is 3.44. The summed E-state index contributed by atoms with van der Waals surface area (Å²) in [5.74, 6) is 1.69. The molecule has 112 valence electrons. The van der Waals surface area contributed by atoms with Crippen molar-refractivity contribution in [3.8, 4) is 5.88 Å². The highest BCUT2D eigenvalue weighted by Crippen LogP contribution is 2.29. The fourth-order valence-corrected chi connectivity index (χ4v) is 2.48. The molecule has 1 fully saturated rings. The first-order chi connectivity index (χ1) is 9.74. The molecule has 1 aliphatic rings. The molecule has 3 N–H and O–H groups in total. The normalized spacial score (nSPS) is 16.1. The van der Waals surface area contributed by atoms with Crippen molar-refractivity contribution in [2.24, 2.45) is 0 Å². The van der Waals surface area contributed by atoms with Gasteiger partial charge in [-0.2, -0.15) is 4.98 Å². The third-order valence-corrected chi connectivity index (χ3v) is 3.46. The van der Waals surface area contributed by atoms with Crippen LogP contribution in [0.25, 0.3) is 0 Å². The highest BCUT2D eigenvalue weighted by molar-refractivity contribution is 5.67. The van der Waals surface area contributed by atoms with Gasteiger partial charge in [0.2, 0.25) is 5.88 Å². The molecule has 0 spiro atoms. The Kier molecular flexibility index (Phi) is 5.40. The lowest BCUT2D eigenvalue weighted by Gasteiger charge is -2.24. The average molecular weight is 280 g/mol. The zero-order valence-corrected chi connectivity index (χ0v) is 12.3. The van der Waals surface area contributed by atoms with Crippen LogP contribution in [0.1, 0.15) is 44.9 Å². The molecule has 0 saturated heterocycles. The predicted octanol–water partition coefficient (Wildman–Crippen LogP) is 2.35. The van der Waals surface area contributed by atoms with Gasteiger partial charge in [0, 0.05) is 13.2 Å². The fraction of sp³-hybridized carbons (Fsp3) is 0.714. The van der Waals surface area contributed by atoms with Gasteiger partial charge in [0.25, 0.3) is 0 Å². The zero-order valence-electron chi connectivity index (χ0n) is 12.3. The summed E-state index contributed by atoms with van der Waals surface area (Å²) in [5.41, 5.74) is 6.58. The minimum Gasteiger partial charge on any atom is -0.476 e. The van der Waals surface area contributed by atoms with E-state index in [4.69, 9.17) is 15.2 Å². The Morgan fingerprint density at radius 1 is 1.25 bits per heavy atom. The van der Waals surface area contributed by atoms with E-state index in [0.29, 0.717) is 42.5 Å². The van der Waals surface area contributed by atoms with Crippen molar-refractivity contribution < 1.29 is 9.47 Å². The Morgan fingerprint density at radius 2 is 2.00 bits per heavy atom. The standard InChI is InChI=1S/C14H24N4O2/c1-3-20-14-12(15)13(17-11(18-14)9-19-2)16-10-7-5-4-6-8-10/h10H,3-9,15H2,1-2H3,(H,16,17,18). The molecule has 6 heteroatoms. The summed E-state index contributed by atoms with van der Waals surface area (Å²) < 4.78 is 10.6. The number of nitrogens with one attached hydrogen (secondary N) is 1. The van der Waals surface area contributed by atoms with Crippen LogP contribution in [-0.4, -0.2) is 29.7 Å². The van der Waals surface area contributed by atoms with E-state index in [9.17, 15) is 0 Å². The van der Waals surface area contributed by atoms with E-state index in [1.54, 1.807) is 7.11 Å². The summed E-state index contributed by atoms with van der Waals surface area (Å²) in [4.78, 5) is 8.73. The molecular weight excluding hydrogens is 256 g/mol. The molecule has 0 aliphatic heterocycles. The van der Waals surface area contributed by atoms with Crippen LogP contribution in [0.3, 0.4) is 0 Å². The molecule has 0 amide bonds. The average Bonchev–Trinajstić information content (AvgIpc) is 2.45. The second-order valence-corrected chi connectivity index (χ2v) is 5.05. The summed E-state index contributed by atoms with van der Waals surface area (Å²) in [6, 6.07) is 0.436. The highest BCUT2D eigenvalue weighted by Gasteiger charge is 2.18. The summed E-state index contributed by atoms with van der Waals surface area (Å²) in [6.45, 7) is 2.78. The molecule has 1 aliphatic carbocycles. The smallest absolute Gasteiger partial charge is 0.242 e. The largest absolute Gasteiger partial charge is 0.476 e. The first-order valence-electron chi connectivity index (χ1n) is 7.29. The SMILES string of the molecule is CCOc1nc(COC)nc(NC2CCCCC2)c1N. The van der Waals surface area contributed by atoms with E-state index in [-0.39, 0.29) is 0 Å². The number of rotatable bonds is 6. The zero-order chi connectivity index (χ0) is 14.4. The number of methoxy groups -OCH3 is 1. The van der Waals surface area contributed by atoms with Gasteiger partial charge < -0.3 is 20.5 Å². The van der Waals surface area contributed by atoms with E-state index < -0.39 is 0 Å². The van der Waals surface area contributed by atoms with Crippen LogP contribution >= 0.6 is 0 Å². The number of nitrogen functional groups attached to an aromatic ring is 1. The molecule has 20 heavy (non-hydrogen) atoms. The lowest BCUT2D eigenvalue weighted by atomic mass is 9.95. The number of ether oxygens (including phenoxy) is 2. The maximum Gasteiger partial charge on any atom is 0.242 e. The molecule has 6 nitrogen and oxygen atoms in total. The first kappa shape index (κ1) is 14.8. The molecule has 2 rings (SSSR count). The topological polar surface area (TPSA) is 82.3 Å². The molecule has 0 aromatic carbocycles. The second-order valence-electron chi connectivity index (χ2n) is 5.05. The number of nitrogens with zero attached hydrogens (tertiary/aromatic N) is 2. The lowest BCUT2D eigenvalue weighted by Crippen LogP contribution is -2.24. The third-order valence-electron chi connectivity index (χ3n) is 3.46. The third kappa shape index (κ3) is 3.72. The number of hydrogen-bond acceptors (Lipinski definition) is 6. The van der Waals surface area contributed by atoms with E-state index in [0.717, 1.165) is 12.8 Å². The van der Waals surface area contributed by atoms with Crippen molar-refractivity contribution in [3.05, 3.63) is 5.82 Å². The molecule has 0 radical (unpaired) electrons. The Balaban J connectivity index is 2.19. The molecule has 1 aromatic heterocycles. The molecule has 0 bridgehead atoms. The van der Waals surface area contributed by atoms with Gasteiger partial charge in [0.1, 0.15) is 12.3 Å². The maximum absolute atomic E-state index is 6.10. The molecular formula is C14H24N4O2. The predicted molar refractivity (Wildman–Crippen MR) is 78.8 cm³/mol. The van der Waals surface area contributed by atoms with Crippen LogP contribution in [0, 0.1) is 0 Å². The molecule has 0 atom stereocenters. The van der Waals surface area contributed by atoms with Crippen molar-refractivity contribution in [2.75, 3.05) is 24.8 Å². The van der Waals surface area contributed by atoms with Crippen LogP contribution in [0.2, 0.25) is 0 Å². The van der Waals surface area contributed by atoms with Gasteiger partial charge in [-0.1, -0.05) is 19.3 Å². The van der Waals surface area contributed by atoms with Crippen molar-refractivity contribution in [1.82, 2.24) is 9.97 Å². The van der Waals surface area contributed by atoms with Crippen LogP contribution in [0.4, 0.5) is 11.5 Å². The van der Waals surface area contributed by atoms with Gasteiger partial charge in [-0.3, -0.25) is 0 Å². The van der Waals surface area contributed by atoms with Gasteiger partial charge in [-0.15, -0.1) is 0 Å². The van der Waals surface area contributed by atoms with E-state index in [1.165, 1.54) is 19.3 Å². The number of nitrogens with two attached hydrogens (primary N) is 1. The highest BCUT2D eigenvalue weighted by atomic mass is 16.5. The van der Waals surface area contributed by atoms with E-state index in [1.807, 2.05) is 6.92 Å². The van der Waals surface area contributed by atoms with Crippen LogP contribution < -0.4 is 15.8 Å².